The maximum Gasteiger partial charge on any atom is 0.247 e. The standard InChI is InChI=1S/C21H26N2O4/c1-3-19(25)23(15-16-9-11-18(27-2)12-10-16)20(21(26)22-13-14-24)17-7-5-4-6-8-17/h4-12,20,24H,3,13-15H2,1-2H3,(H,22,26)/t20-/m1/s1. The van der Waals surface area contributed by atoms with Crippen LogP contribution in [0.2, 0.25) is 0 Å². The van der Waals surface area contributed by atoms with Crippen molar-refractivity contribution in [2.24, 2.45) is 0 Å². The quantitative estimate of drug-likeness (QED) is 0.710. The number of carbonyl (C=O) groups excluding carboxylic acids is 2. The van der Waals surface area contributed by atoms with E-state index >= 15 is 0 Å². The summed E-state index contributed by atoms with van der Waals surface area (Å²) < 4.78 is 5.17. The van der Waals surface area contributed by atoms with Gasteiger partial charge in [0.2, 0.25) is 11.8 Å². The lowest BCUT2D eigenvalue weighted by Gasteiger charge is -2.31. The van der Waals surface area contributed by atoms with Crippen LogP contribution < -0.4 is 10.1 Å². The first-order chi connectivity index (χ1) is 13.1. The Bertz CT molecular complexity index is 732. The van der Waals surface area contributed by atoms with Crippen LogP contribution in [0.5, 0.6) is 5.75 Å². The second-order valence-electron chi connectivity index (χ2n) is 6.05. The van der Waals surface area contributed by atoms with Gasteiger partial charge in [0.05, 0.1) is 13.7 Å². The molecule has 0 saturated carbocycles. The van der Waals surface area contributed by atoms with Gasteiger partial charge in [-0.3, -0.25) is 9.59 Å². The van der Waals surface area contributed by atoms with Crippen molar-refractivity contribution >= 4 is 11.8 Å². The highest BCUT2D eigenvalue weighted by atomic mass is 16.5. The lowest BCUT2D eigenvalue weighted by molar-refractivity contribution is -0.141. The third-order valence-corrected chi connectivity index (χ3v) is 4.22. The van der Waals surface area contributed by atoms with Gasteiger partial charge < -0.3 is 20.1 Å². The number of amides is 2. The molecule has 0 unspecified atom stereocenters. The summed E-state index contributed by atoms with van der Waals surface area (Å²) in [5.41, 5.74) is 1.62. The molecule has 6 heteroatoms. The van der Waals surface area contributed by atoms with Crippen LogP contribution in [0.3, 0.4) is 0 Å². The number of benzene rings is 2. The van der Waals surface area contributed by atoms with E-state index in [-0.39, 0.29) is 31.4 Å². The Morgan fingerprint density at radius 2 is 1.78 bits per heavy atom. The molecule has 0 heterocycles. The molecule has 2 aromatic carbocycles. The summed E-state index contributed by atoms with van der Waals surface area (Å²) >= 11 is 0. The maximum absolute atomic E-state index is 12.8. The Morgan fingerprint density at radius 3 is 2.33 bits per heavy atom. The van der Waals surface area contributed by atoms with Crippen molar-refractivity contribution in [1.82, 2.24) is 10.2 Å². The number of hydrogen-bond donors (Lipinski definition) is 2. The van der Waals surface area contributed by atoms with Gasteiger partial charge in [0.1, 0.15) is 11.8 Å². The third-order valence-electron chi connectivity index (χ3n) is 4.22. The number of ether oxygens (including phenoxy) is 1. The van der Waals surface area contributed by atoms with Crippen molar-refractivity contribution in [3.05, 3.63) is 65.7 Å². The first-order valence-electron chi connectivity index (χ1n) is 8.96. The lowest BCUT2D eigenvalue weighted by atomic mass is 10.0. The van der Waals surface area contributed by atoms with Gasteiger partial charge in [-0.25, -0.2) is 0 Å². The van der Waals surface area contributed by atoms with Crippen LogP contribution in [0, 0.1) is 0 Å². The minimum atomic E-state index is -0.771. The molecule has 0 fully saturated rings. The van der Waals surface area contributed by atoms with Gasteiger partial charge in [0, 0.05) is 19.5 Å². The fourth-order valence-electron chi connectivity index (χ4n) is 2.84. The Balaban J connectivity index is 2.37. The highest BCUT2D eigenvalue weighted by Gasteiger charge is 2.30. The number of nitrogens with one attached hydrogen (secondary N) is 1. The molecule has 0 aliphatic heterocycles. The zero-order valence-corrected chi connectivity index (χ0v) is 15.7. The fraction of sp³-hybridized carbons (Fsp3) is 0.333. The molecule has 0 radical (unpaired) electrons. The molecule has 27 heavy (non-hydrogen) atoms. The molecule has 2 rings (SSSR count). The van der Waals surface area contributed by atoms with Crippen LogP contribution in [-0.2, 0) is 16.1 Å². The zero-order chi connectivity index (χ0) is 19.6. The van der Waals surface area contributed by atoms with Crippen LogP contribution in [0.15, 0.2) is 54.6 Å². The second-order valence-corrected chi connectivity index (χ2v) is 6.05. The van der Waals surface area contributed by atoms with Gasteiger partial charge in [-0.1, -0.05) is 49.4 Å². The predicted octanol–water partition coefficient (Wildman–Crippen LogP) is 2.28. The van der Waals surface area contributed by atoms with Crippen molar-refractivity contribution in [3.8, 4) is 5.75 Å². The monoisotopic (exact) mass is 370 g/mol. The first kappa shape index (κ1) is 20.5. The molecule has 6 nitrogen and oxygen atoms in total. The van der Waals surface area contributed by atoms with Crippen molar-refractivity contribution in [1.29, 1.82) is 0 Å². The third kappa shape index (κ3) is 5.56. The van der Waals surface area contributed by atoms with Gasteiger partial charge >= 0.3 is 0 Å². The summed E-state index contributed by atoms with van der Waals surface area (Å²) in [5.74, 6) is 0.289. The highest BCUT2D eigenvalue weighted by molar-refractivity contribution is 5.88. The molecule has 2 aromatic rings. The minimum absolute atomic E-state index is 0.126. The number of nitrogens with zero attached hydrogens (tertiary/aromatic N) is 1. The lowest BCUT2D eigenvalue weighted by Crippen LogP contribution is -2.43. The number of rotatable bonds is 9. The molecular formula is C21H26N2O4. The molecule has 0 aliphatic rings. The summed E-state index contributed by atoms with van der Waals surface area (Å²) in [6.45, 7) is 2.05. The minimum Gasteiger partial charge on any atom is -0.497 e. The van der Waals surface area contributed by atoms with E-state index in [9.17, 15) is 9.59 Å². The molecular weight excluding hydrogens is 344 g/mol. The van der Waals surface area contributed by atoms with Crippen molar-refractivity contribution in [3.63, 3.8) is 0 Å². The Labute approximate surface area is 159 Å². The average molecular weight is 370 g/mol. The van der Waals surface area contributed by atoms with Crippen molar-refractivity contribution in [2.75, 3.05) is 20.3 Å². The highest BCUT2D eigenvalue weighted by Crippen LogP contribution is 2.25. The van der Waals surface area contributed by atoms with Gasteiger partial charge in [-0.05, 0) is 23.3 Å². The smallest absolute Gasteiger partial charge is 0.247 e. The van der Waals surface area contributed by atoms with Crippen LogP contribution in [-0.4, -0.2) is 42.1 Å². The largest absolute Gasteiger partial charge is 0.497 e. The fourth-order valence-corrected chi connectivity index (χ4v) is 2.84. The zero-order valence-electron chi connectivity index (χ0n) is 15.7. The first-order valence-corrected chi connectivity index (χ1v) is 8.96. The van der Waals surface area contributed by atoms with Gasteiger partial charge in [0.25, 0.3) is 0 Å². The van der Waals surface area contributed by atoms with E-state index in [1.165, 1.54) is 0 Å². The van der Waals surface area contributed by atoms with E-state index in [2.05, 4.69) is 5.32 Å². The molecule has 2 N–H and O–H groups in total. The van der Waals surface area contributed by atoms with Crippen LogP contribution in [0.4, 0.5) is 0 Å². The molecule has 0 bridgehead atoms. The van der Waals surface area contributed by atoms with E-state index in [1.807, 2.05) is 54.6 Å². The van der Waals surface area contributed by atoms with Crippen molar-refractivity contribution < 1.29 is 19.4 Å². The average Bonchev–Trinajstić information content (AvgIpc) is 2.72. The molecule has 0 aromatic heterocycles. The Kier molecular flexibility index (Phi) is 7.82. The van der Waals surface area contributed by atoms with Crippen LogP contribution >= 0.6 is 0 Å². The molecule has 2 amide bonds. The summed E-state index contributed by atoms with van der Waals surface area (Å²) in [7, 11) is 1.60. The van der Waals surface area contributed by atoms with Crippen LogP contribution in [0.1, 0.15) is 30.5 Å². The predicted molar refractivity (Wildman–Crippen MR) is 103 cm³/mol. The summed E-state index contributed by atoms with van der Waals surface area (Å²) in [5, 5.41) is 11.7. The summed E-state index contributed by atoms with van der Waals surface area (Å²) in [6, 6.07) is 15.8. The SMILES string of the molecule is CCC(=O)N(Cc1ccc(OC)cc1)[C@@H](C(=O)NCCO)c1ccccc1. The molecule has 0 aliphatic carbocycles. The number of methoxy groups -OCH3 is 1. The van der Waals surface area contributed by atoms with E-state index in [0.717, 1.165) is 16.9 Å². The normalized spacial score (nSPS) is 11.5. The van der Waals surface area contributed by atoms with Gasteiger partial charge in [-0.15, -0.1) is 0 Å². The molecule has 0 spiro atoms. The summed E-state index contributed by atoms with van der Waals surface area (Å²) in [4.78, 5) is 27.1. The molecule has 0 saturated heterocycles. The maximum atomic E-state index is 12.8. The number of aliphatic hydroxyl groups excluding tert-OH is 1. The van der Waals surface area contributed by atoms with E-state index in [1.54, 1.807) is 18.9 Å². The van der Waals surface area contributed by atoms with Crippen LogP contribution in [0.25, 0.3) is 0 Å². The summed E-state index contributed by atoms with van der Waals surface area (Å²) in [6.07, 6.45) is 0.284. The van der Waals surface area contributed by atoms with Crippen molar-refractivity contribution in [2.45, 2.75) is 25.9 Å². The number of hydrogen-bond acceptors (Lipinski definition) is 4. The molecule has 1 atom stereocenters. The Hall–Kier alpha value is -2.86. The molecule has 144 valence electrons. The van der Waals surface area contributed by atoms with E-state index in [0.29, 0.717) is 6.54 Å². The Morgan fingerprint density at radius 1 is 1.11 bits per heavy atom. The number of aliphatic hydroxyl groups is 1. The second kappa shape index (κ2) is 10.3. The van der Waals surface area contributed by atoms with Gasteiger partial charge in [-0.2, -0.15) is 0 Å². The van der Waals surface area contributed by atoms with E-state index in [4.69, 9.17) is 9.84 Å². The number of carbonyl (C=O) groups is 2. The van der Waals surface area contributed by atoms with E-state index < -0.39 is 6.04 Å². The topological polar surface area (TPSA) is 78.9 Å². The van der Waals surface area contributed by atoms with Gasteiger partial charge in [0.15, 0.2) is 0 Å².